The average molecular weight is 289 g/mol. The van der Waals surface area contributed by atoms with Crippen molar-refractivity contribution in [2.45, 2.75) is 63.8 Å². The van der Waals surface area contributed by atoms with Gasteiger partial charge in [-0.2, -0.15) is 0 Å². The van der Waals surface area contributed by atoms with Crippen LogP contribution in [0, 0.1) is 5.92 Å². The van der Waals surface area contributed by atoms with Gasteiger partial charge in [-0.3, -0.25) is 0 Å². The third-order valence-corrected chi connectivity index (χ3v) is 5.17. The van der Waals surface area contributed by atoms with E-state index in [1.807, 2.05) is 38.1 Å². The van der Waals surface area contributed by atoms with Gasteiger partial charge in [-0.25, -0.2) is 0 Å². The lowest BCUT2D eigenvalue weighted by molar-refractivity contribution is 0.0356. The van der Waals surface area contributed by atoms with Crippen LogP contribution in [0.15, 0.2) is 24.3 Å². The Hall–Kier alpha value is -1.06. The molecule has 0 saturated carbocycles. The van der Waals surface area contributed by atoms with Crippen LogP contribution in [0.1, 0.15) is 51.2 Å². The Balaban J connectivity index is 1.66. The van der Waals surface area contributed by atoms with Crippen molar-refractivity contribution in [3.63, 3.8) is 0 Å². The quantitative estimate of drug-likeness (QED) is 0.922. The van der Waals surface area contributed by atoms with E-state index in [4.69, 9.17) is 4.74 Å². The predicted octanol–water partition coefficient (Wildman–Crippen LogP) is 3.38. The predicted molar refractivity (Wildman–Crippen MR) is 84.5 cm³/mol. The highest BCUT2D eigenvalue weighted by molar-refractivity contribution is 5.29. The van der Waals surface area contributed by atoms with Crippen LogP contribution >= 0.6 is 0 Å². The molecule has 0 aromatic heterocycles. The van der Waals surface area contributed by atoms with Gasteiger partial charge >= 0.3 is 0 Å². The third kappa shape index (κ3) is 3.09. The standard InChI is InChI=1S/C18H27NO2/c1-12(2)21-17-8-4-13(5-9-17)18(20)14-10-15-6-7-16(11-14)19(15)3/h4-5,8-9,12,14-16,18,20H,6-7,10-11H2,1-3H3. The summed E-state index contributed by atoms with van der Waals surface area (Å²) in [5.41, 5.74) is 1.03. The van der Waals surface area contributed by atoms with E-state index >= 15 is 0 Å². The van der Waals surface area contributed by atoms with Gasteiger partial charge in [0.1, 0.15) is 5.75 Å². The second-order valence-electron chi connectivity index (χ2n) is 6.96. The summed E-state index contributed by atoms with van der Waals surface area (Å²) in [4.78, 5) is 2.52. The number of hydrogen-bond donors (Lipinski definition) is 1. The summed E-state index contributed by atoms with van der Waals surface area (Å²) < 4.78 is 5.66. The molecule has 21 heavy (non-hydrogen) atoms. The van der Waals surface area contributed by atoms with Crippen molar-refractivity contribution in [2.24, 2.45) is 5.92 Å². The van der Waals surface area contributed by atoms with Gasteiger partial charge < -0.3 is 14.7 Å². The van der Waals surface area contributed by atoms with Crippen molar-refractivity contribution < 1.29 is 9.84 Å². The first kappa shape index (κ1) is 14.9. The normalized spacial score (nSPS) is 30.6. The fraction of sp³-hybridized carbons (Fsp3) is 0.667. The van der Waals surface area contributed by atoms with Crippen molar-refractivity contribution in [3.05, 3.63) is 29.8 Å². The van der Waals surface area contributed by atoms with Gasteiger partial charge in [0.2, 0.25) is 0 Å². The molecule has 2 aliphatic heterocycles. The monoisotopic (exact) mass is 289 g/mol. The summed E-state index contributed by atoms with van der Waals surface area (Å²) in [6.45, 7) is 4.05. The largest absolute Gasteiger partial charge is 0.491 e. The molecule has 2 heterocycles. The number of rotatable bonds is 4. The van der Waals surface area contributed by atoms with Crippen LogP contribution in [0.4, 0.5) is 0 Å². The molecule has 0 aliphatic carbocycles. The Morgan fingerprint density at radius 3 is 2.19 bits per heavy atom. The van der Waals surface area contributed by atoms with Crippen LogP contribution in [0.5, 0.6) is 5.75 Å². The van der Waals surface area contributed by atoms with E-state index in [0.717, 1.165) is 24.2 Å². The van der Waals surface area contributed by atoms with E-state index in [2.05, 4.69) is 11.9 Å². The molecule has 0 radical (unpaired) electrons. The maximum atomic E-state index is 10.7. The van der Waals surface area contributed by atoms with Crippen molar-refractivity contribution in [1.82, 2.24) is 4.90 Å². The molecule has 2 bridgehead atoms. The second kappa shape index (κ2) is 5.98. The highest BCUT2D eigenvalue weighted by atomic mass is 16.5. The summed E-state index contributed by atoms with van der Waals surface area (Å²) in [6, 6.07) is 9.33. The van der Waals surface area contributed by atoms with Crippen LogP contribution in [0.3, 0.4) is 0 Å². The van der Waals surface area contributed by atoms with Crippen LogP contribution in [-0.4, -0.2) is 35.2 Å². The minimum absolute atomic E-state index is 0.185. The Labute approximate surface area is 127 Å². The Kier molecular flexibility index (Phi) is 4.23. The van der Waals surface area contributed by atoms with Crippen molar-refractivity contribution in [2.75, 3.05) is 7.05 Å². The minimum Gasteiger partial charge on any atom is -0.491 e. The van der Waals surface area contributed by atoms with E-state index in [1.54, 1.807) is 0 Å². The second-order valence-corrected chi connectivity index (χ2v) is 6.96. The van der Waals surface area contributed by atoms with Gasteiger partial charge in [-0.05, 0) is 70.2 Å². The van der Waals surface area contributed by atoms with Crippen LogP contribution in [0.25, 0.3) is 0 Å². The molecule has 3 atom stereocenters. The van der Waals surface area contributed by atoms with E-state index in [-0.39, 0.29) is 12.2 Å². The minimum atomic E-state index is -0.338. The number of nitrogens with zero attached hydrogens (tertiary/aromatic N) is 1. The summed E-state index contributed by atoms with van der Waals surface area (Å²) in [5, 5.41) is 10.7. The number of piperidine rings is 1. The van der Waals surface area contributed by atoms with E-state index in [1.165, 1.54) is 12.8 Å². The molecule has 116 valence electrons. The number of aliphatic hydroxyl groups excluding tert-OH is 1. The SMILES string of the molecule is CC(C)Oc1ccc(C(O)C2CC3CCC(C2)N3C)cc1. The molecule has 2 saturated heterocycles. The molecule has 1 aromatic carbocycles. The van der Waals surface area contributed by atoms with Crippen molar-refractivity contribution in [1.29, 1.82) is 0 Å². The molecule has 2 fully saturated rings. The topological polar surface area (TPSA) is 32.7 Å². The maximum absolute atomic E-state index is 10.7. The first-order valence-corrected chi connectivity index (χ1v) is 8.21. The first-order chi connectivity index (χ1) is 10.0. The maximum Gasteiger partial charge on any atom is 0.119 e. The number of benzene rings is 1. The van der Waals surface area contributed by atoms with Gasteiger partial charge in [-0.1, -0.05) is 12.1 Å². The van der Waals surface area contributed by atoms with Gasteiger partial charge in [0.25, 0.3) is 0 Å². The highest BCUT2D eigenvalue weighted by Crippen LogP contribution is 2.42. The Morgan fingerprint density at radius 2 is 1.67 bits per heavy atom. The lowest BCUT2D eigenvalue weighted by Crippen LogP contribution is -2.41. The lowest BCUT2D eigenvalue weighted by atomic mass is 9.84. The molecule has 0 amide bonds. The summed E-state index contributed by atoms with van der Waals surface area (Å²) >= 11 is 0. The van der Waals surface area contributed by atoms with E-state index in [9.17, 15) is 5.11 Å². The first-order valence-electron chi connectivity index (χ1n) is 8.21. The molecule has 3 nitrogen and oxygen atoms in total. The van der Waals surface area contributed by atoms with E-state index < -0.39 is 0 Å². The molecule has 3 rings (SSSR count). The van der Waals surface area contributed by atoms with Crippen LogP contribution < -0.4 is 4.74 Å². The van der Waals surface area contributed by atoms with E-state index in [0.29, 0.717) is 18.0 Å². The summed E-state index contributed by atoms with van der Waals surface area (Å²) in [5.74, 6) is 1.28. The Morgan fingerprint density at radius 1 is 1.10 bits per heavy atom. The lowest BCUT2D eigenvalue weighted by Gasteiger charge is -2.38. The van der Waals surface area contributed by atoms with Crippen LogP contribution in [0.2, 0.25) is 0 Å². The molecule has 0 spiro atoms. The number of hydrogen-bond acceptors (Lipinski definition) is 3. The fourth-order valence-corrected chi connectivity index (χ4v) is 4.00. The third-order valence-electron chi connectivity index (χ3n) is 5.17. The number of ether oxygens (including phenoxy) is 1. The highest BCUT2D eigenvalue weighted by Gasteiger charge is 2.40. The summed E-state index contributed by atoms with van der Waals surface area (Å²) in [6.07, 6.45) is 4.69. The molecule has 1 N–H and O–H groups in total. The molecule has 3 heteroatoms. The molecule has 3 unspecified atom stereocenters. The smallest absolute Gasteiger partial charge is 0.119 e. The van der Waals surface area contributed by atoms with Gasteiger partial charge in [0, 0.05) is 12.1 Å². The van der Waals surface area contributed by atoms with Crippen molar-refractivity contribution >= 4 is 0 Å². The molecule has 1 aromatic rings. The molecular weight excluding hydrogens is 262 g/mol. The average Bonchev–Trinajstić information content (AvgIpc) is 2.68. The number of aliphatic hydroxyl groups is 1. The molecular formula is C18H27NO2. The number of fused-ring (bicyclic) bond motifs is 2. The van der Waals surface area contributed by atoms with Gasteiger partial charge in [-0.15, -0.1) is 0 Å². The fourth-order valence-electron chi connectivity index (χ4n) is 4.00. The van der Waals surface area contributed by atoms with Crippen molar-refractivity contribution in [3.8, 4) is 5.75 Å². The zero-order valence-electron chi connectivity index (χ0n) is 13.3. The van der Waals surface area contributed by atoms with Crippen LogP contribution in [-0.2, 0) is 0 Å². The zero-order valence-corrected chi connectivity index (χ0v) is 13.3. The molecule has 2 aliphatic rings. The van der Waals surface area contributed by atoms with Gasteiger partial charge in [0.05, 0.1) is 12.2 Å². The summed E-state index contributed by atoms with van der Waals surface area (Å²) in [7, 11) is 2.24. The van der Waals surface area contributed by atoms with Gasteiger partial charge in [0.15, 0.2) is 0 Å². The Bertz CT molecular complexity index is 457. The zero-order chi connectivity index (χ0) is 15.0.